The molecule has 0 aromatic heterocycles. The van der Waals surface area contributed by atoms with E-state index in [1.54, 1.807) is 0 Å². The van der Waals surface area contributed by atoms with E-state index in [0.29, 0.717) is 0 Å². The van der Waals surface area contributed by atoms with Crippen LogP contribution in [0.4, 0.5) is 0 Å². The monoisotopic (exact) mass is 685 g/mol. The van der Waals surface area contributed by atoms with Crippen molar-refractivity contribution in [3.8, 4) is 0 Å². The van der Waals surface area contributed by atoms with Crippen LogP contribution in [0.3, 0.4) is 0 Å². The topological polar surface area (TPSA) is 355 Å². The highest BCUT2D eigenvalue weighted by Gasteiger charge is 2.39. The predicted molar refractivity (Wildman–Crippen MR) is 132 cm³/mol. The SMILES string of the molecule is O=C(O)CN(CCN(CC(=O)O)CC(O)(OP(O)O)OP(O)O)CCN(CC(=O)O)CC(O)(O[PH](=O)O)O[PH](=O)O. The molecule has 0 bridgehead atoms. The van der Waals surface area contributed by atoms with Gasteiger partial charge in [0.1, 0.15) is 0 Å². The van der Waals surface area contributed by atoms with Gasteiger partial charge in [-0.05, 0) is 0 Å². The second-order valence-corrected chi connectivity index (χ2v) is 10.6. The number of aliphatic carboxylic acids is 3. The van der Waals surface area contributed by atoms with Crippen LogP contribution in [-0.2, 0) is 41.6 Å². The van der Waals surface area contributed by atoms with Gasteiger partial charge in [-0.2, -0.15) is 0 Å². The van der Waals surface area contributed by atoms with Gasteiger partial charge in [0, 0.05) is 26.2 Å². The molecule has 0 radical (unpaired) electrons. The van der Waals surface area contributed by atoms with Crippen LogP contribution in [0.25, 0.3) is 0 Å². The highest BCUT2D eigenvalue weighted by Crippen LogP contribution is 2.39. The summed E-state index contributed by atoms with van der Waals surface area (Å²) >= 11 is 0. The standard InChI is InChI=1S/C14H31N3O20P4/c18-10(19)5-15(1-3-16(6-11(20)21)8-13(24,34-38(26)27)35-39(28)29)2-4-17(7-12(22)23)9-14(25,36-40(30)31)37-41(32)33/h24-29,40-41H,1-9H2,(H,18,19)(H,20,21)(H,22,23)(H,30,31)(H,32,33). The Balaban J connectivity index is 5.77. The summed E-state index contributed by atoms with van der Waals surface area (Å²) in [5, 5.41) is 48.0. The summed E-state index contributed by atoms with van der Waals surface area (Å²) in [6.07, 6.45) is 0. The smallest absolute Gasteiger partial charge is 0.331 e. The largest absolute Gasteiger partial charge is 0.480 e. The van der Waals surface area contributed by atoms with E-state index in [2.05, 4.69) is 18.1 Å². The van der Waals surface area contributed by atoms with E-state index in [1.807, 2.05) is 0 Å². The molecule has 41 heavy (non-hydrogen) atoms. The van der Waals surface area contributed by atoms with Gasteiger partial charge in [0.25, 0.3) is 0 Å². The lowest BCUT2D eigenvalue weighted by Crippen LogP contribution is -2.51. The average Bonchev–Trinajstić information content (AvgIpc) is 2.71. The summed E-state index contributed by atoms with van der Waals surface area (Å²) in [6.45, 7) is -6.30. The number of rotatable bonds is 24. The van der Waals surface area contributed by atoms with Crippen molar-refractivity contribution < 1.29 is 96.5 Å². The fraction of sp³-hybridized carbons (Fsp3) is 0.786. The molecule has 0 aliphatic carbocycles. The molecule has 0 fully saturated rings. The first-order valence-electron chi connectivity index (χ1n) is 10.6. The van der Waals surface area contributed by atoms with Crippen LogP contribution >= 0.6 is 33.7 Å². The number of carboxylic acids is 3. The number of hydrogen-bond donors (Lipinski definition) is 11. The third-order valence-electron chi connectivity index (χ3n) is 4.33. The Labute approximate surface area is 234 Å². The molecule has 0 aromatic rings. The zero-order chi connectivity index (χ0) is 32.0. The zero-order valence-electron chi connectivity index (χ0n) is 20.7. The molecule has 242 valence electrons. The second-order valence-electron chi connectivity index (χ2n) is 7.73. The van der Waals surface area contributed by atoms with E-state index in [9.17, 15) is 38.8 Å². The van der Waals surface area contributed by atoms with E-state index in [4.69, 9.17) is 39.6 Å². The van der Waals surface area contributed by atoms with Crippen LogP contribution in [0.5, 0.6) is 0 Å². The van der Waals surface area contributed by atoms with Crippen molar-refractivity contribution in [1.82, 2.24) is 14.7 Å². The Kier molecular flexibility index (Phi) is 19.0. The molecule has 27 heteroatoms. The number of carboxylic acid groups (broad SMARTS) is 3. The van der Waals surface area contributed by atoms with E-state index in [1.165, 1.54) is 0 Å². The fourth-order valence-electron chi connectivity index (χ4n) is 3.09. The Morgan fingerprint density at radius 2 is 0.902 bits per heavy atom. The van der Waals surface area contributed by atoms with Crippen LogP contribution in [0, 0.1) is 0 Å². The summed E-state index contributed by atoms with van der Waals surface area (Å²) in [7, 11) is -14.7. The Bertz CT molecular complexity index is 871. The van der Waals surface area contributed by atoms with Crippen LogP contribution in [0.1, 0.15) is 0 Å². The number of aliphatic hydroxyl groups is 2. The summed E-state index contributed by atoms with van der Waals surface area (Å²) < 4.78 is 39.2. The van der Waals surface area contributed by atoms with Gasteiger partial charge in [-0.3, -0.25) is 56.3 Å². The van der Waals surface area contributed by atoms with Gasteiger partial charge < -0.3 is 54.9 Å². The first kappa shape index (κ1) is 40.1. The fourth-order valence-corrected chi connectivity index (χ4v) is 4.69. The van der Waals surface area contributed by atoms with Gasteiger partial charge in [0.05, 0.1) is 32.7 Å². The molecular weight excluding hydrogens is 654 g/mol. The van der Waals surface area contributed by atoms with Gasteiger partial charge in [-0.25, -0.2) is 0 Å². The van der Waals surface area contributed by atoms with E-state index < -0.39 is 109 Å². The van der Waals surface area contributed by atoms with Crippen molar-refractivity contribution in [3.05, 3.63) is 0 Å². The summed E-state index contributed by atoms with van der Waals surface area (Å²) in [6, 6.07) is 0. The molecule has 0 aromatic carbocycles. The van der Waals surface area contributed by atoms with Crippen LogP contribution in [0.2, 0.25) is 0 Å². The third-order valence-corrected chi connectivity index (χ3v) is 6.21. The molecule has 23 nitrogen and oxygen atoms in total. The molecule has 0 rings (SSSR count). The van der Waals surface area contributed by atoms with Crippen molar-refractivity contribution >= 4 is 51.6 Å². The van der Waals surface area contributed by atoms with E-state index >= 15 is 0 Å². The van der Waals surface area contributed by atoms with E-state index in [-0.39, 0.29) is 13.1 Å². The third kappa shape index (κ3) is 20.6. The zero-order valence-corrected chi connectivity index (χ0v) is 24.5. The quantitative estimate of drug-likeness (QED) is 0.0338. The second kappa shape index (κ2) is 19.4. The van der Waals surface area contributed by atoms with Gasteiger partial charge in [0.2, 0.25) is 0 Å². The van der Waals surface area contributed by atoms with Gasteiger partial charge in [-0.1, -0.05) is 0 Å². The average molecular weight is 685 g/mol. The number of hydrogen-bond acceptors (Lipinski definition) is 18. The molecule has 0 saturated heterocycles. The van der Waals surface area contributed by atoms with Crippen molar-refractivity contribution in [2.24, 2.45) is 0 Å². The van der Waals surface area contributed by atoms with Crippen molar-refractivity contribution in [3.63, 3.8) is 0 Å². The lowest BCUT2D eigenvalue weighted by Gasteiger charge is -2.34. The van der Waals surface area contributed by atoms with Gasteiger partial charge in [-0.15, -0.1) is 0 Å². The lowest BCUT2D eigenvalue weighted by atomic mass is 10.3. The van der Waals surface area contributed by atoms with Crippen molar-refractivity contribution in [2.75, 3.05) is 58.9 Å². The molecule has 0 aliphatic rings. The summed E-state index contributed by atoms with van der Waals surface area (Å²) in [5.74, 6) is -10.8. The molecular formula is C14H31N3O20P4. The highest BCUT2D eigenvalue weighted by molar-refractivity contribution is 7.40. The van der Waals surface area contributed by atoms with Crippen molar-refractivity contribution in [2.45, 2.75) is 11.9 Å². The molecule has 0 heterocycles. The molecule has 0 aliphatic heterocycles. The first-order valence-corrected chi connectivity index (χ1v) is 15.4. The summed E-state index contributed by atoms with van der Waals surface area (Å²) in [4.78, 5) is 90.6. The minimum atomic E-state index is -3.99. The molecule has 2 unspecified atom stereocenters. The van der Waals surface area contributed by atoms with Crippen LogP contribution in [0.15, 0.2) is 0 Å². The van der Waals surface area contributed by atoms with Crippen LogP contribution < -0.4 is 0 Å². The minimum Gasteiger partial charge on any atom is -0.480 e. The maximum absolute atomic E-state index is 11.4. The Morgan fingerprint density at radius 1 is 0.610 bits per heavy atom. The van der Waals surface area contributed by atoms with Crippen molar-refractivity contribution in [1.29, 1.82) is 0 Å². The van der Waals surface area contributed by atoms with Gasteiger partial charge >= 0.3 is 63.6 Å². The highest BCUT2D eigenvalue weighted by atomic mass is 31.2. The molecule has 0 amide bonds. The molecule has 11 N–H and O–H groups in total. The Hall–Kier alpha value is -0.870. The predicted octanol–water partition coefficient (Wildman–Crippen LogP) is -4.31. The summed E-state index contributed by atoms with van der Waals surface area (Å²) in [5.41, 5.74) is 0. The number of carbonyl (C=O) groups is 3. The van der Waals surface area contributed by atoms with Crippen LogP contribution in [-0.4, -0.2) is 158 Å². The van der Waals surface area contributed by atoms with Gasteiger partial charge in [0.15, 0.2) is 0 Å². The van der Waals surface area contributed by atoms with E-state index in [0.717, 1.165) is 14.7 Å². The molecule has 0 saturated carbocycles. The molecule has 2 atom stereocenters. The normalized spacial score (nSPS) is 15.5. The Morgan fingerprint density at radius 3 is 1.20 bits per heavy atom. The lowest BCUT2D eigenvalue weighted by molar-refractivity contribution is -0.285. The molecule has 0 spiro atoms. The number of nitrogens with zero attached hydrogens (tertiary/aromatic N) is 3. The maximum Gasteiger partial charge on any atom is 0.331 e. The first-order chi connectivity index (χ1) is 18.7. The maximum atomic E-state index is 11.4. The minimum absolute atomic E-state index is 0.359.